The number of benzene rings is 2. The summed E-state index contributed by atoms with van der Waals surface area (Å²) in [5.74, 6) is 0.0691. The Labute approximate surface area is 181 Å². The summed E-state index contributed by atoms with van der Waals surface area (Å²) in [5.41, 5.74) is 0.740. The number of rotatable bonds is 7. The Kier molecular flexibility index (Phi) is 7.27. The Morgan fingerprint density at radius 1 is 1.17 bits per heavy atom. The summed E-state index contributed by atoms with van der Waals surface area (Å²) in [5, 5.41) is 2.96. The molecule has 2 aromatic carbocycles. The third kappa shape index (κ3) is 4.74. The molecular weight excluding hydrogens is 424 g/mol. The zero-order valence-electron chi connectivity index (χ0n) is 17.3. The van der Waals surface area contributed by atoms with Gasteiger partial charge >= 0.3 is 0 Å². The zero-order valence-corrected chi connectivity index (χ0v) is 18.9. The van der Waals surface area contributed by atoms with Crippen LogP contribution >= 0.6 is 11.8 Å². The molecule has 0 unspecified atom stereocenters. The third-order valence-electron chi connectivity index (χ3n) is 5.11. The fraction of sp³-hybridized carbons (Fsp3) is 0.381. The second-order valence-corrected chi connectivity index (χ2v) is 9.66. The van der Waals surface area contributed by atoms with Crippen molar-refractivity contribution in [3.05, 3.63) is 42.5 Å². The van der Waals surface area contributed by atoms with E-state index in [2.05, 4.69) is 5.32 Å². The Bertz CT molecular complexity index is 1010. The van der Waals surface area contributed by atoms with Gasteiger partial charge in [-0.1, -0.05) is 12.1 Å². The average Bonchev–Trinajstić information content (AvgIpc) is 2.79. The molecule has 9 heteroatoms. The van der Waals surface area contributed by atoms with E-state index >= 15 is 0 Å². The van der Waals surface area contributed by atoms with E-state index in [1.807, 2.05) is 30.5 Å². The monoisotopic (exact) mass is 450 g/mol. The lowest BCUT2D eigenvalue weighted by Crippen LogP contribution is -2.43. The molecule has 1 atom stereocenters. The van der Waals surface area contributed by atoms with Gasteiger partial charge in [0, 0.05) is 24.1 Å². The normalized spacial score (nSPS) is 17.4. The number of sulfonamides is 1. The number of hydrogen-bond acceptors (Lipinski definition) is 6. The summed E-state index contributed by atoms with van der Waals surface area (Å²) in [4.78, 5) is 13.9. The van der Waals surface area contributed by atoms with E-state index in [0.717, 1.165) is 10.6 Å². The number of hydrogen-bond donors (Lipinski definition) is 1. The highest BCUT2D eigenvalue weighted by Gasteiger charge is 2.35. The van der Waals surface area contributed by atoms with Crippen molar-refractivity contribution in [2.24, 2.45) is 5.92 Å². The highest BCUT2D eigenvalue weighted by atomic mass is 32.2. The first kappa shape index (κ1) is 22.5. The predicted octanol–water partition coefficient (Wildman–Crippen LogP) is 3.47. The summed E-state index contributed by atoms with van der Waals surface area (Å²) in [6.45, 7) is 0.476. The van der Waals surface area contributed by atoms with E-state index in [4.69, 9.17) is 9.47 Å². The van der Waals surface area contributed by atoms with Crippen molar-refractivity contribution in [2.45, 2.75) is 22.6 Å². The van der Waals surface area contributed by atoms with Gasteiger partial charge < -0.3 is 14.8 Å². The van der Waals surface area contributed by atoms with Crippen molar-refractivity contribution in [3.63, 3.8) is 0 Å². The summed E-state index contributed by atoms with van der Waals surface area (Å²) in [6, 6.07) is 12.2. The molecule has 2 aromatic rings. The molecule has 1 heterocycles. The van der Waals surface area contributed by atoms with Gasteiger partial charge in [0.15, 0.2) is 0 Å². The predicted molar refractivity (Wildman–Crippen MR) is 118 cm³/mol. The number of nitrogens with zero attached hydrogens (tertiary/aromatic N) is 1. The molecule has 3 rings (SSSR count). The molecule has 1 saturated heterocycles. The summed E-state index contributed by atoms with van der Waals surface area (Å²) < 4.78 is 38.4. The number of piperidine rings is 1. The minimum Gasteiger partial charge on any atom is -0.497 e. The Morgan fingerprint density at radius 3 is 2.63 bits per heavy atom. The molecule has 0 bridgehead atoms. The molecule has 1 fully saturated rings. The minimum absolute atomic E-state index is 0.0399. The number of nitrogens with one attached hydrogen (secondary N) is 1. The maximum atomic E-state index is 13.3. The van der Waals surface area contributed by atoms with Crippen LogP contribution < -0.4 is 14.8 Å². The number of ether oxygens (including phenoxy) is 2. The van der Waals surface area contributed by atoms with Crippen LogP contribution in [0.2, 0.25) is 0 Å². The van der Waals surface area contributed by atoms with Crippen molar-refractivity contribution in [1.29, 1.82) is 0 Å². The van der Waals surface area contributed by atoms with Gasteiger partial charge in [0.1, 0.15) is 16.4 Å². The second-order valence-electron chi connectivity index (χ2n) is 6.91. The van der Waals surface area contributed by atoms with E-state index in [1.54, 1.807) is 23.9 Å². The Hall–Kier alpha value is -2.23. The van der Waals surface area contributed by atoms with Crippen LogP contribution in [0.15, 0.2) is 52.3 Å². The van der Waals surface area contributed by atoms with Crippen LogP contribution in [0.5, 0.6) is 11.5 Å². The largest absolute Gasteiger partial charge is 0.497 e. The molecule has 162 valence electrons. The number of carbonyl (C=O) groups is 1. The van der Waals surface area contributed by atoms with Gasteiger partial charge in [0.25, 0.3) is 0 Å². The van der Waals surface area contributed by atoms with Gasteiger partial charge in [-0.2, -0.15) is 4.31 Å². The molecule has 1 N–H and O–H groups in total. The molecule has 0 spiro atoms. The van der Waals surface area contributed by atoms with Crippen LogP contribution in [-0.4, -0.2) is 52.2 Å². The van der Waals surface area contributed by atoms with Crippen LogP contribution in [0.4, 0.5) is 5.69 Å². The molecule has 1 aliphatic heterocycles. The van der Waals surface area contributed by atoms with Crippen LogP contribution in [0.1, 0.15) is 12.8 Å². The van der Waals surface area contributed by atoms with E-state index < -0.39 is 15.9 Å². The molecule has 0 aliphatic carbocycles. The number of anilines is 1. The number of para-hydroxylation sites is 1. The lowest BCUT2D eigenvalue weighted by Gasteiger charge is -2.31. The molecule has 1 amide bonds. The number of amides is 1. The first-order valence-electron chi connectivity index (χ1n) is 9.56. The van der Waals surface area contributed by atoms with Crippen LogP contribution in [0.3, 0.4) is 0 Å². The van der Waals surface area contributed by atoms with E-state index in [0.29, 0.717) is 25.1 Å². The number of methoxy groups -OCH3 is 2. The Balaban J connectivity index is 1.81. The number of thioether (sulfide) groups is 1. The van der Waals surface area contributed by atoms with Crippen molar-refractivity contribution >= 4 is 33.4 Å². The quantitative estimate of drug-likeness (QED) is 0.651. The number of carbonyl (C=O) groups excluding carboxylic acids is 1. The molecule has 0 radical (unpaired) electrons. The van der Waals surface area contributed by atoms with Gasteiger partial charge in [-0.25, -0.2) is 8.42 Å². The molecule has 7 nitrogen and oxygen atoms in total. The fourth-order valence-corrected chi connectivity index (χ4v) is 5.73. The van der Waals surface area contributed by atoms with Crippen molar-refractivity contribution in [1.82, 2.24) is 4.31 Å². The molecule has 30 heavy (non-hydrogen) atoms. The highest BCUT2D eigenvalue weighted by Crippen LogP contribution is 2.33. The van der Waals surface area contributed by atoms with Gasteiger partial charge in [-0.3, -0.25) is 4.79 Å². The van der Waals surface area contributed by atoms with Crippen LogP contribution in [-0.2, 0) is 14.8 Å². The maximum Gasteiger partial charge on any atom is 0.246 e. The highest BCUT2D eigenvalue weighted by molar-refractivity contribution is 7.98. The minimum atomic E-state index is -3.85. The molecular formula is C21H26N2O5S2. The third-order valence-corrected chi connectivity index (χ3v) is 7.79. The van der Waals surface area contributed by atoms with Crippen molar-refractivity contribution < 1.29 is 22.7 Å². The van der Waals surface area contributed by atoms with Gasteiger partial charge in [-0.15, -0.1) is 11.8 Å². The zero-order chi connectivity index (χ0) is 21.7. The average molecular weight is 451 g/mol. The van der Waals surface area contributed by atoms with Crippen LogP contribution in [0, 0.1) is 5.92 Å². The molecule has 0 aromatic heterocycles. The lowest BCUT2D eigenvalue weighted by molar-refractivity contribution is -0.120. The van der Waals surface area contributed by atoms with Gasteiger partial charge in [0.05, 0.1) is 25.8 Å². The van der Waals surface area contributed by atoms with Crippen molar-refractivity contribution in [2.75, 3.05) is 38.9 Å². The van der Waals surface area contributed by atoms with Crippen LogP contribution in [0.25, 0.3) is 0 Å². The lowest BCUT2D eigenvalue weighted by atomic mass is 9.99. The second kappa shape index (κ2) is 9.72. The summed E-state index contributed by atoms with van der Waals surface area (Å²) >= 11 is 1.55. The summed E-state index contributed by atoms with van der Waals surface area (Å²) in [6.07, 6.45) is 3.18. The molecule has 1 aliphatic rings. The van der Waals surface area contributed by atoms with E-state index in [9.17, 15) is 13.2 Å². The first-order valence-corrected chi connectivity index (χ1v) is 12.2. The van der Waals surface area contributed by atoms with E-state index in [-0.39, 0.29) is 23.1 Å². The van der Waals surface area contributed by atoms with Gasteiger partial charge in [0.2, 0.25) is 15.9 Å². The first-order chi connectivity index (χ1) is 14.4. The maximum absolute atomic E-state index is 13.3. The fourth-order valence-electron chi connectivity index (χ4n) is 3.48. The SMILES string of the molecule is COc1ccc(OC)c(S(=O)(=O)N2CCC[C@H](C(=O)Nc3ccccc3SC)C2)c1. The van der Waals surface area contributed by atoms with Gasteiger partial charge in [-0.05, 0) is 43.4 Å². The van der Waals surface area contributed by atoms with E-state index in [1.165, 1.54) is 24.6 Å². The molecule has 0 saturated carbocycles. The Morgan fingerprint density at radius 2 is 1.93 bits per heavy atom. The smallest absolute Gasteiger partial charge is 0.246 e. The topological polar surface area (TPSA) is 84.9 Å². The standard InChI is InChI=1S/C21H26N2O5S2/c1-27-16-10-11-18(28-2)20(13-16)30(25,26)23-12-6-7-15(14-23)21(24)22-17-8-4-5-9-19(17)29-3/h4-5,8-11,13,15H,6-7,12,14H2,1-3H3,(H,22,24)/t15-/m0/s1. The summed E-state index contributed by atoms with van der Waals surface area (Å²) in [7, 11) is -0.940. The van der Waals surface area contributed by atoms with Crippen molar-refractivity contribution in [3.8, 4) is 11.5 Å².